The molecule has 13 heavy (non-hydrogen) atoms. The number of aliphatic imine (C=N–C) groups is 1. The van der Waals surface area contributed by atoms with Gasteiger partial charge in [0, 0.05) is 6.04 Å². The minimum Gasteiger partial charge on any atom is -0.369 e. The highest BCUT2D eigenvalue weighted by Gasteiger charge is 2.28. The average molecular weight is 180 g/mol. The Labute approximate surface area is 80.8 Å². The number of nitrogens with one attached hydrogen (secondary N) is 1. The van der Waals surface area contributed by atoms with Crippen LogP contribution in [0.2, 0.25) is 0 Å². The third-order valence-electron chi connectivity index (χ3n) is 3.39. The second kappa shape index (κ2) is 3.69. The van der Waals surface area contributed by atoms with E-state index in [0.717, 1.165) is 11.8 Å². The van der Waals surface area contributed by atoms with E-state index in [1.807, 2.05) is 0 Å². The molecule has 3 atom stereocenters. The highest BCUT2D eigenvalue weighted by atomic mass is 15.1. The highest BCUT2D eigenvalue weighted by molar-refractivity contribution is 5.81. The van der Waals surface area contributed by atoms with Crippen molar-refractivity contribution < 1.29 is 0 Å². The summed E-state index contributed by atoms with van der Waals surface area (Å²) in [5.41, 5.74) is 0. The number of hydrogen-bond acceptors (Lipinski definition) is 2. The Kier molecular flexibility index (Phi) is 2.56. The molecule has 3 unspecified atom stereocenters. The van der Waals surface area contributed by atoms with E-state index in [0.29, 0.717) is 12.1 Å². The predicted octanol–water partition coefficient (Wildman–Crippen LogP) is 2.35. The fourth-order valence-electron chi connectivity index (χ4n) is 2.55. The number of hydrogen-bond donors (Lipinski definition) is 1. The van der Waals surface area contributed by atoms with Crippen LogP contribution >= 0.6 is 0 Å². The van der Waals surface area contributed by atoms with Gasteiger partial charge in [-0.05, 0) is 32.1 Å². The molecule has 0 amide bonds. The maximum absolute atomic E-state index is 4.64. The molecule has 0 radical (unpaired) electrons. The summed E-state index contributed by atoms with van der Waals surface area (Å²) in [5, 5.41) is 3.49. The van der Waals surface area contributed by atoms with Crippen LogP contribution < -0.4 is 5.32 Å². The van der Waals surface area contributed by atoms with E-state index in [1.54, 1.807) is 0 Å². The highest BCUT2D eigenvalue weighted by Crippen LogP contribution is 2.26. The van der Waals surface area contributed by atoms with Crippen molar-refractivity contribution in [3.8, 4) is 0 Å². The van der Waals surface area contributed by atoms with E-state index < -0.39 is 0 Å². The molecule has 1 fully saturated rings. The predicted molar refractivity (Wildman–Crippen MR) is 56.1 cm³/mol. The monoisotopic (exact) mass is 180 g/mol. The van der Waals surface area contributed by atoms with E-state index in [2.05, 4.69) is 24.2 Å². The fourth-order valence-corrected chi connectivity index (χ4v) is 2.55. The molecule has 0 aromatic heterocycles. The van der Waals surface area contributed by atoms with Gasteiger partial charge in [0.1, 0.15) is 0 Å². The first-order chi connectivity index (χ1) is 6.25. The maximum atomic E-state index is 4.64. The summed E-state index contributed by atoms with van der Waals surface area (Å²) in [6, 6.07) is 1.25. The molecule has 1 aliphatic heterocycles. The van der Waals surface area contributed by atoms with E-state index >= 15 is 0 Å². The molecule has 1 N–H and O–H groups in total. The van der Waals surface area contributed by atoms with Crippen LogP contribution in [0.25, 0.3) is 0 Å². The van der Waals surface area contributed by atoms with Crippen LogP contribution in [0.15, 0.2) is 4.99 Å². The number of amidine groups is 1. The van der Waals surface area contributed by atoms with Crippen molar-refractivity contribution in [3.63, 3.8) is 0 Å². The van der Waals surface area contributed by atoms with Crippen molar-refractivity contribution in [2.24, 2.45) is 10.9 Å². The summed E-state index contributed by atoms with van der Waals surface area (Å²) in [5.74, 6) is 2.08. The Morgan fingerprint density at radius 2 is 2.08 bits per heavy atom. The summed E-state index contributed by atoms with van der Waals surface area (Å²) >= 11 is 0. The normalized spacial score (nSPS) is 39.8. The molecule has 2 aliphatic rings. The molecule has 2 nitrogen and oxygen atoms in total. The van der Waals surface area contributed by atoms with Crippen LogP contribution in [0.5, 0.6) is 0 Å². The Morgan fingerprint density at radius 3 is 2.92 bits per heavy atom. The van der Waals surface area contributed by atoms with Crippen molar-refractivity contribution >= 4 is 5.84 Å². The van der Waals surface area contributed by atoms with Crippen molar-refractivity contribution in [1.29, 1.82) is 0 Å². The van der Waals surface area contributed by atoms with E-state index in [1.165, 1.54) is 32.1 Å². The minimum atomic E-state index is 0.590. The molecule has 1 aliphatic carbocycles. The minimum absolute atomic E-state index is 0.590. The van der Waals surface area contributed by atoms with Crippen molar-refractivity contribution in [2.45, 2.75) is 58.0 Å². The molecule has 1 saturated carbocycles. The Morgan fingerprint density at radius 1 is 1.23 bits per heavy atom. The van der Waals surface area contributed by atoms with Gasteiger partial charge in [-0.2, -0.15) is 0 Å². The second-order valence-electron chi connectivity index (χ2n) is 4.65. The third kappa shape index (κ3) is 2.04. The van der Waals surface area contributed by atoms with E-state index in [-0.39, 0.29) is 0 Å². The topological polar surface area (TPSA) is 24.4 Å². The van der Waals surface area contributed by atoms with Gasteiger partial charge in [-0.3, -0.25) is 4.99 Å². The van der Waals surface area contributed by atoms with Gasteiger partial charge < -0.3 is 5.32 Å². The van der Waals surface area contributed by atoms with Gasteiger partial charge in [-0.15, -0.1) is 0 Å². The molecule has 0 saturated heterocycles. The first-order valence-corrected chi connectivity index (χ1v) is 5.56. The summed E-state index contributed by atoms with van der Waals surface area (Å²) in [6.07, 6.45) is 6.74. The van der Waals surface area contributed by atoms with Gasteiger partial charge in [0.25, 0.3) is 0 Å². The molecule has 0 aromatic carbocycles. The lowest BCUT2D eigenvalue weighted by Crippen LogP contribution is -2.35. The summed E-state index contributed by atoms with van der Waals surface area (Å²) in [7, 11) is 0. The van der Waals surface area contributed by atoms with Crippen LogP contribution in [0.1, 0.15) is 46.0 Å². The molecular formula is C11H20N2. The zero-order valence-electron chi connectivity index (χ0n) is 8.71. The second-order valence-corrected chi connectivity index (χ2v) is 4.65. The summed E-state index contributed by atoms with van der Waals surface area (Å²) in [4.78, 5) is 4.64. The Hall–Kier alpha value is -0.530. The number of rotatable bonds is 0. The first-order valence-electron chi connectivity index (χ1n) is 5.56. The zero-order chi connectivity index (χ0) is 9.26. The van der Waals surface area contributed by atoms with E-state index in [4.69, 9.17) is 0 Å². The van der Waals surface area contributed by atoms with E-state index in [9.17, 15) is 0 Å². The molecular weight excluding hydrogens is 160 g/mol. The third-order valence-corrected chi connectivity index (χ3v) is 3.39. The van der Waals surface area contributed by atoms with Gasteiger partial charge >= 0.3 is 0 Å². The zero-order valence-corrected chi connectivity index (χ0v) is 8.71. The van der Waals surface area contributed by atoms with Gasteiger partial charge in [-0.25, -0.2) is 0 Å². The molecule has 2 rings (SSSR count). The van der Waals surface area contributed by atoms with Crippen LogP contribution in [0.3, 0.4) is 0 Å². The van der Waals surface area contributed by atoms with Gasteiger partial charge in [0.05, 0.1) is 11.9 Å². The van der Waals surface area contributed by atoms with Crippen molar-refractivity contribution in [1.82, 2.24) is 5.32 Å². The largest absolute Gasteiger partial charge is 0.369 e. The SMILES string of the molecule is CC1=NC2CCCC(C)CCC2N1. The molecule has 0 bridgehead atoms. The van der Waals surface area contributed by atoms with Gasteiger partial charge in [0.15, 0.2) is 0 Å². The fraction of sp³-hybridized carbons (Fsp3) is 0.909. The summed E-state index contributed by atoms with van der Waals surface area (Å²) in [6.45, 7) is 4.47. The Bertz CT molecular complexity index is 210. The smallest absolute Gasteiger partial charge is 0.0938 e. The van der Waals surface area contributed by atoms with Crippen LogP contribution in [0.4, 0.5) is 0 Å². The van der Waals surface area contributed by atoms with Gasteiger partial charge in [-0.1, -0.05) is 19.8 Å². The molecule has 1 heterocycles. The van der Waals surface area contributed by atoms with Crippen molar-refractivity contribution in [3.05, 3.63) is 0 Å². The summed E-state index contributed by atoms with van der Waals surface area (Å²) < 4.78 is 0. The molecule has 2 heteroatoms. The lowest BCUT2D eigenvalue weighted by molar-refractivity contribution is 0.345. The van der Waals surface area contributed by atoms with Gasteiger partial charge in [0.2, 0.25) is 0 Å². The van der Waals surface area contributed by atoms with Crippen molar-refractivity contribution in [2.75, 3.05) is 0 Å². The standard InChI is InChI=1S/C11H20N2/c1-8-4-3-5-10-11(7-6-8)13-9(2)12-10/h8,10-11H,3-7H2,1-2H3,(H,12,13). The van der Waals surface area contributed by atoms with Crippen LogP contribution in [-0.2, 0) is 0 Å². The average Bonchev–Trinajstić information content (AvgIpc) is 2.40. The lowest BCUT2D eigenvalue weighted by atomic mass is 9.88. The maximum Gasteiger partial charge on any atom is 0.0938 e. The first kappa shape index (κ1) is 9.04. The Balaban J connectivity index is 1.97. The molecule has 74 valence electrons. The quantitative estimate of drug-likeness (QED) is 0.608. The number of fused-ring (bicyclic) bond motifs is 1. The van der Waals surface area contributed by atoms with Crippen LogP contribution in [0, 0.1) is 5.92 Å². The number of nitrogens with zero attached hydrogens (tertiary/aromatic N) is 1. The molecule has 0 aromatic rings. The van der Waals surface area contributed by atoms with Crippen LogP contribution in [-0.4, -0.2) is 17.9 Å². The lowest BCUT2D eigenvalue weighted by Gasteiger charge is -2.24. The molecule has 0 spiro atoms.